The van der Waals surface area contributed by atoms with Gasteiger partial charge in [0.1, 0.15) is 5.75 Å². The van der Waals surface area contributed by atoms with Crippen LogP contribution in [0.3, 0.4) is 0 Å². The Morgan fingerprint density at radius 3 is 2.76 bits per heavy atom. The molecule has 1 aliphatic rings. The van der Waals surface area contributed by atoms with Crippen molar-refractivity contribution in [3.8, 4) is 5.75 Å². The number of nitrogens with zero attached hydrogens (tertiary/aromatic N) is 1. The van der Waals surface area contributed by atoms with Gasteiger partial charge in [0.15, 0.2) is 0 Å². The van der Waals surface area contributed by atoms with Crippen LogP contribution in [0.2, 0.25) is 0 Å². The molecule has 1 N–H and O–H groups in total. The van der Waals surface area contributed by atoms with E-state index >= 15 is 0 Å². The number of amides is 1. The minimum atomic E-state index is -0.194. The van der Waals surface area contributed by atoms with E-state index in [0.717, 1.165) is 23.7 Å². The quantitative estimate of drug-likeness (QED) is 0.698. The van der Waals surface area contributed by atoms with Crippen molar-refractivity contribution in [3.05, 3.63) is 76.1 Å². The third kappa shape index (κ3) is 4.32. The number of methoxy groups -OCH3 is 1. The summed E-state index contributed by atoms with van der Waals surface area (Å²) >= 11 is 0. The van der Waals surface area contributed by atoms with Gasteiger partial charge in [-0.2, -0.15) is 0 Å². The molecule has 0 radical (unpaired) electrons. The molecule has 2 aromatic carbocycles. The van der Waals surface area contributed by atoms with Crippen LogP contribution in [0.15, 0.2) is 59.4 Å². The lowest BCUT2D eigenvalue weighted by molar-refractivity contribution is 0.0506. The lowest BCUT2D eigenvalue weighted by atomic mass is 10.1. The third-order valence-corrected chi connectivity index (χ3v) is 5.25. The lowest BCUT2D eigenvalue weighted by Crippen LogP contribution is -2.38. The van der Waals surface area contributed by atoms with Crippen LogP contribution in [0, 0.1) is 0 Å². The molecular weight excluding hydrogens is 368 g/mol. The van der Waals surface area contributed by atoms with E-state index in [1.807, 2.05) is 36.4 Å². The van der Waals surface area contributed by atoms with Crippen molar-refractivity contribution in [2.45, 2.75) is 25.5 Å². The number of aromatic nitrogens is 1. The molecule has 1 aromatic heterocycles. The highest BCUT2D eigenvalue weighted by Crippen LogP contribution is 2.21. The maximum atomic E-state index is 13.2. The number of H-pyrrole nitrogens is 1. The molecular formula is C23H24N2O4. The van der Waals surface area contributed by atoms with Gasteiger partial charge in [0.2, 0.25) is 0 Å². The van der Waals surface area contributed by atoms with E-state index in [1.165, 1.54) is 0 Å². The Labute approximate surface area is 169 Å². The van der Waals surface area contributed by atoms with E-state index in [2.05, 4.69) is 4.98 Å². The predicted octanol–water partition coefficient (Wildman–Crippen LogP) is 3.36. The van der Waals surface area contributed by atoms with Crippen LogP contribution >= 0.6 is 0 Å². The number of benzene rings is 2. The first-order valence-corrected chi connectivity index (χ1v) is 9.80. The van der Waals surface area contributed by atoms with Gasteiger partial charge in [-0.15, -0.1) is 0 Å². The topological polar surface area (TPSA) is 71.6 Å². The molecule has 4 rings (SSSR count). The largest absolute Gasteiger partial charge is 0.497 e. The minimum Gasteiger partial charge on any atom is -0.497 e. The van der Waals surface area contributed by atoms with E-state index in [9.17, 15) is 9.59 Å². The van der Waals surface area contributed by atoms with Crippen LogP contribution in [0.1, 0.15) is 28.8 Å². The lowest BCUT2D eigenvalue weighted by Gasteiger charge is -2.25. The summed E-state index contributed by atoms with van der Waals surface area (Å²) in [6.07, 6.45) is 1.92. The van der Waals surface area contributed by atoms with Crippen LogP contribution in [0.5, 0.6) is 5.75 Å². The van der Waals surface area contributed by atoms with Crippen molar-refractivity contribution in [3.63, 3.8) is 0 Å². The number of hydrogen-bond acceptors (Lipinski definition) is 4. The van der Waals surface area contributed by atoms with Gasteiger partial charge in [0.25, 0.3) is 11.5 Å². The molecule has 0 aliphatic carbocycles. The highest BCUT2D eigenvalue weighted by Gasteiger charge is 2.24. The summed E-state index contributed by atoms with van der Waals surface area (Å²) in [6, 6.07) is 16.5. The highest BCUT2D eigenvalue weighted by molar-refractivity contribution is 5.94. The zero-order valence-corrected chi connectivity index (χ0v) is 16.4. The van der Waals surface area contributed by atoms with E-state index in [1.54, 1.807) is 30.2 Å². The summed E-state index contributed by atoms with van der Waals surface area (Å²) in [5.41, 5.74) is 1.68. The third-order valence-electron chi connectivity index (χ3n) is 5.25. The fourth-order valence-corrected chi connectivity index (χ4v) is 3.70. The summed E-state index contributed by atoms with van der Waals surface area (Å²) in [7, 11) is 1.61. The Bertz CT molecular complexity index is 1060. The monoisotopic (exact) mass is 392 g/mol. The number of hydrogen-bond donors (Lipinski definition) is 1. The fourth-order valence-electron chi connectivity index (χ4n) is 3.70. The summed E-state index contributed by atoms with van der Waals surface area (Å²) in [4.78, 5) is 30.4. The van der Waals surface area contributed by atoms with Crippen LogP contribution in [-0.2, 0) is 11.3 Å². The Hall–Kier alpha value is -3.12. The van der Waals surface area contributed by atoms with Gasteiger partial charge in [-0.1, -0.05) is 18.2 Å². The van der Waals surface area contributed by atoms with E-state index < -0.39 is 0 Å². The molecule has 3 aromatic rings. The molecule has 6 heteroatoms. The first kappa shape index (κ1) is 19.2. The van der Waals surface area contributed by atoms with Crippen molar-refractivity contribution in [2.24, 2.45) is 0 Å². The number of pyridine rings is 1. The number of carbonyl (C=O) groups is 1. The Morgan fingerprint density at radius 2 is 2.03 bits per heavy atom. The summed E-state index contributed by atoms with van der Waals surface area (Å²) in [5.74, 6) is 0.610. The van der Waals surface area contributed by atoms with Gasteiger partial charge in [-0.05, 0) is 49.2 Å². The van der Waals surface area contributed by atoms with Crippen LogP contribution < -0.4 is 10.3 Å². The van der Waals surface area contributed by atoms with E-state index in [-0.39, 0.29) is 24.1 Å². The second kappa shape index (κ2) is 8.49. The van der Waals surface area contributed by atoms with Crippen molar-refractivity contribution in [1.82, 2.24) is 9.88 Å². The van der Waals surface area contributed by atoms with E-state index in [4.69, 9.17) is 9.47 Å². The number of aromatic amines is 1. The van der Waals surface area contributed by atoms with Gasteiger partial charge in [0.05, 0.1) is 19.8 Å². The maximum Gasteiger partial charge on any atom is 0.254 e. The SMILES string of the molecule is COc1ccc2[nH]c(=O)c(CN(C[C@@H]3CCCO3)C(=O)c3ccccc3)cc2c1. The molecule has 150 valence electrons. The molecule has 0 spiro atoms. The summed E-state index contributed by atoms with van der Waals surface area (Å²) in [6.45, 7) is 1.40. The van der Waals surface area contributed by atoms with Crippen LogP contribution in [0.25, 0.3) is 10.9 Å². The van der Waals surface area contributed by atoms with Gasteiger partial charge in [-0.3, -0.25) is 9.59 Å². The predicted molar refractivity (Wildman–Crippen MR) is 111 cm³/mol. The van der Waals surface area contributed by atoms with Crippen molar-refractivity contribution in [1.29, 1.82) is 0 Å². The average Bonchev–Trinajstić information content (AvgIpc) is 3.26. The molecule has 1 saturated heterocycles. The van der Waals surface area contributed by atoms with E-state index in [0.29, 0.717) is 30.0 Å². The van der Waals surface area contributed by atoms with Crippen molar-refractivity contribution >= 4 is 16.8 Å². The second-order valence-electron chi connectivity index (χ2n) is 7.26. The average molecular weight is 392 g/mol. The number of fused-ring (bicyclic) bond motifs is 1. The van der Waals surface area contributed by atoms with Crippen molar-refractivity contribution in [2.75, 3.05) is 20.3 Å². The molecule has 29 heavy (non-hydrogen) atoms. The zero-order valence-electron chi connectivity index (χ0n) is 16.4. The molecule has 1 fully saturated rings. The number of rotatable bonds is 6. The minimum absolute atomic E-state index is 0.00212. The molecule has 2 heterocycles. The summed E-state index contributed by atoms with van der Waals surface area (Å²) in [5, 5.41) is 0.864. The van der Waals surface area contributed by atoms with Crippen LogP contribution in [0.4, 0.5) is 0 Å². The van der Waals surface area contributed by atoms with Gasteiger partial charge >= 0.3 is 0 Å². The molecule has 0 unspecified atom stereocenters. The molecule has 1 aliphatic heterocycles. The molecule has 1 atom stereocenters. The maximum absolute atomic E-state index is 13.2. The smallest absolute Gasteiger partial charge is 0.254 e. The summed E-state index contributed by atoms with van der Waals surface area (Å²) < 4.78 is 11.0. The number of ether oxygens (including phenoxy) is 2. The standard InChI is InChI=1S/C23H24N2O4/c1-28-19-9-10-21-17(13-19)12-18(22(26)24-21)14-25(15-20-8-5-11-29-20)23(27)16-6-3-2-4-7-16/h2-4,6-7,9-10,12-13,20H,5,8,11,14-15H2,1H3,(H,24,26)/t20-/m0/s1. The first-order chi connectivity index (χ1) is 14.1. The van der Waals surface area contributed by atoms with Gasteiger partial charge in [0, 0.05) is 35.2 Å². The molecule has 1 amide bonds. The normalized spacial score (nSPS) is 16.1. The fraction of sp³-hybridized carbons (Fsp3) is 0.304. The number of nitrogens with one attached hydrogen (secondary N) is 1. The highest BCUT2D eigenvalue weighted by atomic mass is 16.5. The molecule has 0 saturated carbocycles. The van der Waals surface area contributed by atoms with Crippen molar-refractivity contribution < 1.29 is 14.3 Å². The van der Waals surface area contributed by atoms with Crippen LogP contribution in [-0.4, -0.2) is 42.2 Å². The van der Waals surface area contributed by atoms with Gasteiger partial charge < -0.3 is 19.4 Å². The second-order valence-corrected chi connectivity index (χ2v) is 7.26. The first-order valence-electron chi connectivity index (χ1n) is 9.80. The Morgan fingerprint density at radius 1 is 1.21 bits per heavy atom. The Kier molecular flexibility index (Phi) is 5.62. The Balaban J connectivity index is 1.66. The molecule has 0 bridgehead atoms. The zero-order chi connectivity index (χ0) is 20.2. The van der Waals surface area contributed by atoms with Gasteiger partial charge in [-0.25, -0.2) is 0 Å². The number of carbonyl (C=O) groups excluding carboxylic acids is 1. The molecule has 6 nitrogen and oxygen atoms in total.